The molecule has 2 amide bonds. The van der Waals surface area contributed by atoms with Gasteiger partial charge in [0.1, 0.15) is 5.75 Å². The van der Waals surface area contributed by atoms with Crippen molar-refractivity contribution in [2.24, 2.45) is 17.8 Å². The number of fused-ring (bicyclic) bond motifs is 3. The maximum absolute atomic E-state index is 12.8. The number of carbonyl (C=O) groups excluding carboxylic acids is 2. The lowest BCUT2D eigenvalue weighted by atomic mass is 9.58. The number of nitrogens with zero attached hydrogens (tertiary/aromatic N) is 1. The van der Waals surface area contributed by atoms with Crippen molar-refractivity contribution in [1.82, 2.24) is 4.90 Å². The molecule has 0 spiro atoms. The number of phenols is 1. The van der Waals surface area contributed by atoms with E-state index in [0.29, 0.717) is 19.2 Å². The van der Waals surface area contributed by atoms with E-state index in [-0.39, 0.29) is 41.4 Å². The highest BCUT2D eigenvalue weighted by Crippen LogP contribution is 2.50. The number of allylic oxidation sites excluding steroid dienone is 2. The number of hydrogen-bond acceptors (Lipinski definition) is 5. The van der Waals surface area contributed by atoms with E-state index < -0.39 is 7.12 Å². The summed E-state index contributed by atoms with van der Waals surface area (Å²) in [6, 6.07) is 7.07. The summed E-state index contributed by atoms with van der Waals surface area (Å²) < 4.78 is 5.97. The number of rotatable bonds is 5. The average Bonchev–Trinajstić information content (AvgIpc) is 2.97. The van der Waals surface area contributed by atoms with E-state index >= 15 is 0 Å². The molecule has 4 rings (SSSR count). The average molecular weight is 423 g/mol. The zero-order valence-corrected chi connectivity index (χ0v) is 18.4. The van der Waals surface area contributed by atoms with Crippen LogP contribution in [0, 0.1) is 17.8 Å². The van der Waals surface area contributed by atoms with Gasteiger partial charge in [-0.3, -0.25) is 14.5 Å². The predicted molar refractivity (Wildman–Crippen MR) is 119 cm³/mol. The minimum atomic E-state index is -0.925. The largest absolute Gasteiger partial charge is 0.508 e. The Hall–Kier alpha value is -2.38. The molecular weight excluding hydrogens is 393 g/mol. The normalized spacial score (nSPS) is 28.8. The lowest BCUT2D eigenvalue weighted by Gasteiger charge is -2.43. The van der Waals surface area contributed by atoms with Gasteiger partial charge in [0.15, 0.2) is 0 Å². The first-order valence-electron chi connectivity index (χ1n) is 11.1. The van der Waals surface area contributed by atoms with E-state index in [1.54, 1.807) is 19.2 Å². The Balaban J connectivity index is 1.57. The summed E-state index contributed by atoms with van der Waals surface area (Å²) in [5, 5.41) is 19.9. The van der Waals surface area contributed by atoms with Crippen LogP contribution in [-0.4, -0.2) is 47.1 Å². The van der Waals surface area contributed by atoms with Crippen molar-refractivity contribution in [2.45, 2.75) is 52.0 Å². The molecule has 2 N–H and O–H groups in total. The first-order valence-corrected chi connectivity index (χ1v) is 11.1. The Labute approximate surface area is 183 Å². The first kappa shape index (κ1) is 21.8. The van der Waals surface area contributed by atoms with Crippen molar-refractivity contribution in [2.75, 3.05) is 7.05 Å². The minimum absolute atomic E-state index is 0.0924. The second kappa shape index (κ2) is 8.63. The maximum atomic E-state index is 12.8. The summed E-state index contributed by atoms with van der Waals surface area (Å²) in [4.78, 5) is 26.7. The Morgan fingerprint density at radius 2 is 1.94 bits per heavy atom. The standard InChI is InChI=1S/C24H30BNO5/c1-4-16-12-18-22(24(29)26(3)23(18)28)19-13-25(30)31-20(21(16)19)10-5-14(2)11-15-6-8-17(27)9-7-15/h6-9,11,18-20,22,27,30H,4-5,10,12-13H2,1-3H3/b14-11+/t18-,19+,20-,22-/m1/s1. The molecule has 2 fully saturated rings. The van der Waals surface area contributed by atoms with E-state index in [1.807, 2.05) is 12.1 Å². The van der Waals surface area contributed by atoms with Crippen LogP contribution in [-0.2, 0) is 14.2 Å². The van der Waals surface area contributed by atoms with Crippen molar-refractivity contribution in [3.05, 3.63) is 46.5 Å². The fraction of sp³-hybridized carbons (Fsp3) is 0.500. The van der Waals surface area contributed by atoms with Gasteiger partial charge in [0, 0.05) is 7.05 Å². The lowest BCUT2D eigenvalue weighted by Crippen LogP contribution is -2.46. The van der Waals surface area contributed by atoms with Gasteiger partial charge < -0.3 is 14.8 Å². The molecular formula is C24H30BNO5. The highest BCUT2D eigenvalue weighted by molar-refractivity contribution is 6.43. The predicted octanol–water partition coefficient (Wildman–Crippen LogP) is 3.41. The molecule has 2 heterocycles. The summed E-state index contributed by atoms with van der Waals surface area (Å²) in [6.45, 7) is 4.15. The van der Waals surface area contributed by atoms with Gasteiger partial charge in [0.25, 0.3) is 0 Å². The van der Waals surface area contributed by atoms with Crippen LogP contribution >= 0.6 is 0 Å². The van der Waals surface area contributed by atoms with E-state index in [0.717, 1.165) is 24.0 Å². The van der Waals surface area contributed by atoms with E-state index in [9.17, 15) is 19.7 Å². The number of hydrogen-bond donors (Lipinski definition) is 2. The van der Waals surface area contributed by atoms with Gasteiger partial charge in [-0.25, -0.2) is 0 Å². The van der Waals surface area contributed by atoms with Crippen LogP contribution in [0.15, 0.2) is 41.0 Å². The molecule has 2 aliphatic heterocycles. The van der Waals surface area contributed by atoms with Crippen molar-refractivity contribution < 1.29 is 24.4 Å². The van der Waals surface area contributed by atoms with Crippen LogP contribution in [0.5, 0.6) is 5.75 Å². The van der Waals surface area contributed by atoms with Gasteiger partial charge in [0.2, 0.25) is 11.8 Å². The van der Waals surface area contributed by atoms with Crippen LogP contribution in [0.1, 0.15) is 45.1 Å². The zero-order valence-electron chi connectivity index (χ0n) is 18.4. The fourth-order valence-electron chi connectivity index (χ4n) is 5.55. The molecule has 2 saturated heterocycles. The summed E-state index contributed by atoms with van der Waals surface area (Å²) >= 11 is 0. The third kappa shape index (κ3) is 4.09. The molecule has 3 aliphatic rings. The Morgan fingerprint density at radius 3 is 2.61 bits per heavy atom. The molecule has 0 radical (unpaired) electrons. The molecule has 1 aromatic carbocycles. The Bertz CT molecular complexity index is 938. The quantitative estimate of drug-likeness (QED) is 0.431. The van der Waals surface area contributed by atoms with Gasteiger partial charge in [-0.05, 0) is 68.1 Å². The Morgan fingerprint density at radius 1 is 1.23 bits per heavy atom. The van der Waals surface area contributed by atoms with Crippen molar-refractivity contribution in [3.63, 3.8) is 0 Å². The third-order valence-corrected chi connectivity index (χ3v) is 7.06. The number of likely N-dealkylation sites (tertiary alicyclic amines) is 1. The first-order chi connectivity index (χ1) is 14.8. The van der Waals surface area contributed by atoms with E-state index in [4.69, 9.17) is 4.65 Å². The highest BCUT2D eigenvalue weighted by Gasteiger charge is 2.56. The van der Waals surface area contributed by atoms with Crippen molar-refractivity contribution in [3.8, 4) is 5.75 Å². The molecule has 0 aromatic heterocycles. The molecule has 0 bridgehead atoms. The second-order valence-electron chi connectivity index (χ2n) is 9.03. The van der Waals surface area contributed by atoms with Crippen LogP contribution in [0.4, 0.5) is 0 Å². The molecule has 6 nitrogen and oxygen atoms in total. The van der Waals surface area contributed by atoms with Crippen LogP contribution in [0.2, 0.25) is 6.32 Å². The SMILES string of the molecule is CCC1=C2[C@@H](CC/C(C)=C/c3ccc(O)cc3)OB(O)C[C@@H]2[C@@H]2C(=O)N(C)C(=O)[C@@H]2C1. The number of imide groups is 1. The summed E-state index contributed by atoms with van der Waals surface area (Å²) in [5.41, 5.74) is 4.54. The van der Waals surface area contributed by atoms with Gasteiger partial charge in [0.05, 0.1) is 17.9 Å². The molecule has 1 aromatic rings. The molecule has 7 heteroatoms. The number of amides is 2. The maximum Gasteiger partial charge on any atom is 0.455 e. The van der Waals surface area contributed by atoms with Crippen molar-refractivity contribution in [1.29, 1.82) is 0 Å². The molecule has 31 heavy (non-hydrogen) atoms. The molecule has 4 atom stereocenters. The van der Waals surface area contributed by atoms with Gasteiger partial charge in [-0.2, -0.15) is 0 Å². The van der Waals surface area contributed by atoms with Gasteiger partial charge in [-0.1, -0.05) is 36.3 Å². The van der Waals surface area contributed by atoms with Gasteiger partial charge >= 0.3 is 7.12 Å². The molecule has 1 aliphatic carbocycles. The second-order valence-corrected chi connectivity index (χ2v) is 9.03. The van der Waals surface area contributed by atoms with Crippen molar-refractivity contribution >= 4 is 25.0 Å². The van der Waals surface area contributed by atoms with E-state index in [2.05, 4.69) is 19.9 Å². The van der Waals surface area contributed by atoms with Gasteiger partial charge in [-0.15, -0.1) is 0 Å². The monoisotopic (exact) mass is 423 g/mol. The fourth-order valence-corrected chi connectivity index (χ4v) is 5.55. The number of benzene rings is 1. The third-order valence-electron chi connectivity index (χ3n) is 7.06. The number of phenolic OH excluding ortho intramolecular Hbond substituents is 1. The minimum Gasteiger partial charge on any atom is -0.508 e. The smallest absolute Gasteiger partial charge is 0.455 e. The van der Waals surface area contributed by atoms with Crippen LogP contribution in [0.3, 0.4) is 0 Å². The highest BCUT2D eigenvalue weighted by atomic mass is 16.5. The lowest BCUT2D eigenvalue weighted by molar-refractivity contribution is -0.138. The summed E-state index contributed by atoms with van der Waals surface area (Å²) in [6.07, 6.45) is 5.12. The number of carbonyl (C=O) groups is 2. The van der Waals surface area contributed by atoms with Crippen LogP contribution in [0.25, 0.3) is 6.08 Å². The summed E-state index contributed by atoms with van der Waals surface area (Å²) in [5.74, 6) is -0.786. The zero-order chi connectivity index (χ0) is 22.3. The molecule has 0 unspecified atom stereocenters. The molecule has 164 valence electrons. The summed E-state index contributed by atoms with van der Waals surface area (Å²) in [7, 11) is 0.643. The number of aromatic hydroxyl groups is 1. The topological polar surface area (TPSA) is 87.1 Å². The van der Waals surface area contributed by atoms with E-state index in [1.165, 1.54) is 16.0 Å². The van der Waals surface area contributed by atoms with Crippen LogP contribution < -0.4 is 0 Å². The Kier molecular flexibility index (Phi) is 6.08. The molecule has 0 saturated carbocycles.